The quantitative estimate of drug-likeness (QED) is 0.671. The number of rotatable bonds is 2. The highest BCUT2D eigenvalue weighted by Crippen LogP contribution is 2.31. The van der Waals surface area contributed by atoms with Gasteiger partial charge in [0.1, 0.15) is 5.71 Å². The minimum Gasteiger partial charge on any atom is -0.411 e. The Bertz CT molecular complexity index is 665. The summed E-state index contributed by atoms with van der Waals surface area (Å²) < 4.78 is 0. The van der Waals surface area contributed by atoms with Crippen LogP contribution in [0.4, 0.5) is 0 Å². The zero-order valence-electron chi connectivity index (χ0n) is 10.0. The molecule has 94 valence electrons. The number of ketones is 1. The van der Waals surface area contributed by atoms with Gasteiger partial charge in [0.2, 0.25) is 5.78 Å². The van der Waals surface area contributed by atoms with Crippen LogP contribution in [-0.2, 0) is 6.42 Å². The Morgan fingerprint density at radius 2 is 1.84 bits per heavy atom. The number of carbonyl (C=O) groups excluding carboxylic acids is 1. The van der Waals surface area contributed by atoms with Crippen LogP contribution in [-0.4, -0.2) is 16.7 Å². The van der Waals surface area contributed by atoms with Crippen molar-refractivity contribution in [1.29, 1.82) is 0 Å². The molecule has 0 saturated carbocycles. The van der Waals surface area contributed by atoms with Crippen LogP contribution in [0.2, 0.25) is 0 Å². The molecule has 2 aromatic carbocycles. The van der Waals surface area contributed by atoms with Gasteiger partial charge in [-0.05, 0) is 35.9 Å². The summed E-state index contributed by atoms with van der Waals surface area (Å²) in [5.41, 5.74) is 1.79. The summed E-state index contributed by atoms with van der Waals surface area (Å²) in [6, 6.07) is 15.8. The topological polar surface area (TPSA) is 49.7 Å². The molecule has 2 aromatic rings. The lowest BCUT2D eigenvalue weighted by Crippen LogP contribution is -2.06. The fourth-order valence-corrected chi connectivity index (χ4v) is 3.03. The highest BCUT2D eigenvalue weighted by atomic mass is 32.2. The van der Waals surface area contributed by atoms with Gasteiger partial charge in [-0.2, -0.15) is 0 Å². The van der Waals surface area contributed by atoms with E-state index in [2.05, 4.69) is 5.16 Å². The molecular weight excluding hydrogens is 258 g/mol. The Morgan fingerprint density at radius 1 is 1.05 bits per heavy atom. The maximum absolute atomic E-state index is 11.8. The summed E-state index contributed by atoms with van der Waals surface area (Å²) >= 11 is 1.65. The van der Waals surface area contributed by atoms with E-state index in [9.17, 15) is 4.79 Å². The van der Waals surface area contributed by atoms with E-state index in [1.807, 2.05) is 42.5 Å². The van der Waals surface area contributed by atoms with Crippen LogP contribution < -0.4 is 0 Å². The van der Waals surface area contributed by atoms with Crippen LogP contribution in [0.25, 0.3) is 0 Å². The molecule has 3 rings (SSSR count). The highest BCUT2D eigenvalue weighted by Gasteiger charge is 2.26. The summed E-state index contributed by atoms with van der Waals surface area (Å²) in [5.74, 6) is -0.172. The lowest BCUT2D eigenvalue weighted by molar-refractivity contribution is 0.106. The molecule has 0 unspecified atom stereocenters. The molecule has 0 radical (unpaired) electrons. The second-order valence-electron chi connectivity index (χ2n) is 4.29. The van der Waals surface area contributed by atoms with Gasteiger partial charge in [-0.1, -0.05) is 35.1 Å². The number of carbonyl (C=O) groups is 1. The van der Waals surface area contributed by atoms with Gasteiger partial charge in [-0.15, -0.1) is 0 Å². The van der Waals surface area contributed by atoms with Crippen LogP contribution in [0.1, 0.15) is 15.9 Å². The van der Waals surface area contributed by atoms with Crippen molar-refractivity contribution in [1.82, 2.24) is 0 Å². The second kappa shape index (κ2) is 4.90. The van der Waals surface area contributed by atoms with Crippen molar-refractivity contribution in [3.63, 3.8) is 0 Å². The molecule has 19 heavy (non-hydrogen) atoms. The SMILES string of the molecule is O=C1/C(=N\O)Cc2cc(Sc3ccccc3)ccc21. The molecule has 1 aliphatic rings. The Hall–Kier alpha value is -2.07. The molecule has 0 heterocycles. The molecule has 0 fully saturated rings. The first-order valence-corrected chi connectivity index (χ1v) is 6.71. The van der Waals surface area contributed by atoms with Crippen molar-refractivity contribution in [3.8, 4) is 0 Å². The van der Waals surface area contributed by atoms with Gasteiger partial charge >= 0.3 is 0 Å². The van der Waals surface area contributed by atoms with Gasteiger partial charge < -0.3 is 5.21 Å². The van der Waals surface area contributed by atoms with E-state index in [1.54, 1.807) is 17.8 Å². The van der Waals surface area contributed by atoms with Crippen LogP contribution in [0, 0.1) is 0 Å². The third-order valence-corrected chi connectivity index (χ3v) is 4.04. The summed E-state index contributed by atoms with van der Waals surface area (Å²) in [6.07, 6.45) is 0.411. The van der Waals surface area contributed by atoms with Crippen LogP contribution in [0.5, 0.6) is 0 Å². The van der Waals surface area contributed by atoms with Gasteiger partial charge in [0.25, 0.3) is 0 Å². The maximum Gasteiger partial charge on any atom is 0.211 e. The van der Waals surface area contributed by atoms with Gasteiger partial charge in [-0.3, -0.25) is 4.79 Å². The van der Waals surface area contributed by atoms with Crippen LogP contribution in [0.15, 0.2) is 63.5 Å². The smallest absolute Gasteiger partial charge is 0.211 e. The maximum atomic E-state index is 11.8. The van der Waals surface area contributed by atoms with Crippen molar-refractivity contribution in [2.24, 2.45) is 5.16 Å². The summed E-state index contributed by atoms with van der Waals surface area (Å²) in [4.78, 5) is 14.0. The van der Waals surface area contributed by atoms with Crippen molar-refractivity contribution in [2.75, 3.05) is 0 Å². The van der Waals surface area contributed by atoms with E-state index in [-0.39, 0.29) is 11.5 Å². The molecule has 0 aliphatic heterocycles. The first-order valence-electron chi connectivity index (χ1n) is 5.89. The average molecular weight is 269 g/mol. The molecular formula is C15H11NO2S. The molecule has 0 atom stereocenters. The van der Waals surface area contributed by atoms with E-state index in [1.165, 1.54) is 0 Å². The van der Waals surface area contributed by atoms with E-state index in [4.69, 9.17) is 5.21 Å². The monoisotopic (exact) mass is 269 g/mol. The molecule has 0 bridgehead atoms. The lowest BCUT2D eigenvalue weighted by atomic mass is 10.1. The summed E-state index contributed by atoms with van der Waals surface area (Å²) in [6.45, 7) is 0. The number of hydrogen-bond acceptors (Lipinski definition) is 4. The highest BCUT2D eigenvalue weighted by molar-refractivity contribution is 7.99. The van der Waals surface area contributed by atoms with Crippen molar-refractivity contribution >= 4 is 23.3 Å². The zero-order valence-corrected chi connectivity index (χ0v) is 10.9. The fourth-order valence-electron chi connectivity index (χ4n) is 2.12. The van der Waals surface area contributed by atoms with E-state index in [0.29, 0.717) is 12.0 Å². The molecule has 0 aromatic heterocycles. The normalized spacial score (nSPS) is 15.8. The molecule has 4 heteroatoms. The molecule has 3 nitrogen and oxygen atoms in total. The predicted molar refractivity (Wildman–Crippen MR) is 74.3 cm³/mol. The number of hydrogen-bond donors (Lipinski definition) is 1. The Kier molecular flexibility index (Phi) is 3.09. The number of Topliss-reactive ketones (excluding diaryl/α,β-unsaturated/α-hetero) is 1. The molecule has 1 N–H and O–H groups in total. The molecule has 0 amide bonds. The predicted octanol–water partition coefficient (Wildman–Crippen LogP) is 3.41. The zero-order chi connectivity index (χ0) is 13.2. The van der Waals surface area contributed by atoms with E-state index < -0.39 is 0 Å². The third kappa shape index (κ3) is 2.27. The van der Waals surface area contributed by atoms with Crippen LogP contribution >= 0.6 is 11.8 Å². The van der Waals surface area contributed by atoms with Gasteiger partial charge in [-0.25, -0.2) is 0 Å². The van der Waals surface area contributed by atoms with Crippen LogP contribution in [0.3, 0.4) is 0 Å². The summed E-state index contributed by atoms with van der Waals surface area (Å²) in [5, 5.41) is 11.8. The second-order valence-corrected chi connectivity index (χ2v) is 5.43. The van der Waals surface area contributed by atoms with E-state index >= 15 is 0 Å². The van der Waals surface area contributed by atoms with Crippen molar-refractivity contribution in [3.05, 3.63) is 59.7 Å². The fraction of sp³-hybridized carbons (Fsp3) is 0.0667. The first kappa shape index (κ1) is 12.0. The minimum atomic E-state index is -0.172. The molecule has 0 saturated heterocycles. The Labute approximate surface area is 115 Å². The van der Waals surface area contributed by atoms with Gasteiger partial charge in [0, 0.05) is 21.8 Å². The molecule has 1 aliphatic carbocycles. The van der Waals surface area contributed by atoms with Crippen molar-refractivity contribution < 1.29 is 10.0 Å². The minimum absolute atomic E-state index is 0.172. The third-order valence-electron chi connectivity index (χ3n) is 3.04. The Balaban J connectivity index is 1.90. The van der Waals surface area contributed by atoms with E-state index in [0.717, 1.165) is 15.4 Å². The first-order chi connectivity index (χ1) is 9.28. The van der Waals surface area contributed by atoms with Gasteiger partial charge in [0.15, 0.2) is 0 Å². The number of benzene rings is 2. The van der Waals surface area contributed by atoms with Crippen molar-refractivity contribution in [2.45, 2.75) is 16.2 Å². The lowest BCUT2D eigenvalue weighted by Gasteiger charge is -2.03. The average Bonchev–Trinajstić information content (AvgIpc) is 2.76. The molecule has 0 spiro atoms. The number of fused-ring (bicyclic) bond motifs is 1. The number of nitrogens with zero attached hydrogens (tertiary/aromatic N) is 1. The largest absolute Gasteiger partial charge is 0.411 e. The number of oxime groups is 1. The van der Waals surface area contributed by atoms with Gasteiger partial charge in [0.05, 0.1) is 0 Å². The standard InChI is InChI=1S/C15H11NO2S/c17-15-13-7-6-12(8-10(13)9-14(15)16-18)19-11-4-2-1-3-5-11/h1-8,18H,9H2/b16-14-. The Morgan fingerprint density at radius 3 is 2.58 bits per heavy atom. The summed E-state index contributed by atoms with van der Waals surface area (Å²) in [7, 11) is 0.